The van der Waals surface area contributed by atoms with Crippen molar-refractivity contribution in [3.8, 4) is 0 Å². The van der Waals surface area contributed by atoms with Crippen molar-refractivity contribution in [1.29, 1.82) is 0 Å². The standard InChI is InChI=1S/C6H17NO5P2/c1-7(2)4-3-5-13(8,9)6-14(10,11)12/h3-6H2,1-2H3,(H,8,9)(H2,10,11,12). The van der Waals surface area contributed by atoms with Gasteiger partial charge in [-0.3, -0.25) is 9.13 Å². The molecule has 0 saturated heterocycles. The van der Waals surface area contributed by atoms with Crippen LogP contribution in [0.5, 0.6) is 0 Å². The average molecular weight is 245 g/mol. The summed E-state index contributed by atoms with van der Waals surface area (Å²) in [5.41, 5.74) is 0. The quantitative estimate of drug-likeness (QED) is 0.584. The zero-order valence-corrected chi connectivity index (χ0v) is 10.1. The number of rotatable bonds is 6. The lowest BCUT2D eigenvalue weighted by Gasteiger charge is -2.14. The van der Waals surface area contributed by atoms with E-state index in [1.165, 1.54) is 0 Å². The minimum atomic E-state index is -4.38. The molecule has 0 spiro atoms. The molecule has 0 radical (unpaired) electrons. The van der Waals surface area contributed by atoms with E-state index in [1.54, 1.807) is 0 Å². The average Bonchev–Trinajstić information content (AvgIpc) is 1.78. The molecule has 3 N–H and O–H groups in total. The maximum atomic E-state index is 11.3. The Labute approximate surface area is 83.5 Å². The zero-order chi connectivity index (χ0) is 11.4. The first-order valence-corrected chi connectivity index (χ1v) is 7.95. The number of nitrogens with zero attached hydrogens (tertiary/aromatic N) is 1. The van der Waals surface area contributed by atoms with Crippen LogP contribution in [0.1, 0.15) is 6.42 Å². The fourth-order valence-corrected chi connectivity index (χ4v) is 4.50. The fraction of sp³-hybridized carbons (Fsp3) is 1.00. The molecule has 1 unspecified atom stereocenters. The SMILES string of the molecule is CN(C)CCCP(=O)(O)CP(=O)(O)O. The zero-order valence-electron chi connectivity index (χ0n) is 8.33. The van der Waals surface area contributed by atoms with Crippen LogP contribution in [-0.2, 0) is 9.13 Å². The van der Waals surface area contributed by atoms with E-state index in [-0.39, 0.29) is 6.16 Å². The molecule has 0 bridgehead atoms. The molecule has 14 heavy (non-hydrogen) atoms. The van der Waals surface area contributed by atoms with Gasteiger partial charge in [0, 0.05) is 6.16 Å². The summed E-state index contributed by atoms with van der Waals surface area (Å²) >= 11 is 0. The summed E-state index contributed by atoms with van der Waals surface area (Å²) in [6.45, 7) is 0.631. The second-order valence-corrected chi connectivity index (χ2v) is 8.13. The Balaban J connectivity index is 3.97. The molecule has 0 aromatic carbocycles. The Kier molecular flexibility index (Phi) is 5.52. The fourth-order valence-electron chi connectivity index (χ4n) is 0.993. The topological polar surface area (TPSA) is 98.1 Å². The Bertz CT molecular complexity index is 261. The molecule has 86 valence electrons. The van der Waals surface area contributed by atoms with Crippen molar-refractivity contribution in [1.82, 2.24) is 4.90 Å². The Morgan fingerprint density at radius 3 is 2.00 bits per heavy atom. The molecular weight excluding hydrogens is 228 g/mol. The van der Waals surface area contributed by atoms with E-state index in [4.69, 9.17) is 9.79 Å². The largest absolute Gasteiger partial charge is 0.344 e. The summed E-state index contributed by atoms with van der Waals surface area (Å²) < 4.78 is 21.8. The number of hydrogen-bond donors (Lipinski definition) is 3. The van der Waals surface area contributed by atoms with Gasteiger partial charge in [-0.05, 0) is 27.1 Å². The van der Waals surface area contributed by atoms with Crippen LogP contribution in [-0.4, -0.2) is 52.3 Å². The Morgan fingerprint density at radius 1 is 1.14 bits per heavy atom. The van der Waals surface area contributed by atoms with Gasteiger partial charge in [-0.15, -0.1) is 0 Å². The number of hydrogen-bond acceptors (Lipinski definition) is 3. The summed E-state index contributed by atoms with van der Waals surface area (Å²) in [5.74, 6) is -0.909. The van der Waals surface area contributed by atoms with Crippen LogP contribution in [0, 0.1) is 0 Å². The van der Waals surface area contributed by atoms with Gasteiger partial charge >= 0.3 is 7.60 Å². The lowest BCUT2D eigenvalue weighted by Crippen LogP contribution is -2.14. The monoisotopic (exact) mass is 245 g/mol. The minimum Gasteiger partial charge on any atom is -0.344 e. The van der Waals surface area contributed by atoms with Gasteiger partial charge in [-0.25, -0.2) is 0 Å². The normalized spacial score (nSPS) is 17.0. The summed E-state index contributed by atoms with van der Waals surface area (Å²) in [5, 5.41) is 0. The van der Waals surface area contributed by atoms with Crippen LogP contribution in [0.2, 0.25) is 0 Å². The molecule has 8 heteroatoms. The lowest BCUT2D eigenvalue weighted by molar-refractivity contribution is 0.375. The van der Waals surface area contributed by atoms with Crippen molar-refractivity contribution >= 4 is 15.0 Å². The smallest absolute Gasteiger partial charge is 0.335 e. The molecule has 0 rings (SSSR count). The van der Waals surface area contributed by atoms with Crippen LogP contribution >= 0.6 is 15.0 Å². The molecule has 0 heterocycles. The third kappa shape index (κ3) is 8.88. The molecule has 0 aliphatic carbocycles. The van der Waals surface area contributed by atoms with Crippen molar-refractivity contribution in [3.05, 3.63) is 0 Å². The lowest BCUT2D eigenvalue weighted by atomic mass is 10.5. The molecule has 0 saturated carbocycles. The highest BCUT2D eigenvalue weighted by atomic mass is 31.2. The molecular formula is C6H17NO5P2. The van der Waals surface area contributed by atoms with Crippen LogP contribution in [0.15, 0.2) is 0 Å². The highest BCUT2D eigenvalue weighted by Gasteiger charge is 2.28. The van der Waals surface area contributed by atoms with Crippen LogP contribution in [0.3, 0.4) is 0 Å². The molecule has 0 amide bonds. The molecule has 0 aromatic rings. The highest BCUT2D eigenvalue weighted by molar-refractivity contribution is 7.72. The third-order valence-electron chi connectivity index (χ3n) is 1.52. The van der Waals surface area contributed by atoms with Crippen molar-refractivity contribution in [2.75, 3.05) is 32.7 Å². The first kappa shape index (κ1) is 14.3. The first-order valence-electron chi connectivity index (χ1n) is 4.12. The van der Waals surface area contributed by atoms with Crippen molar-refractivity contribution in [3.63, 3.8) is 0 Å². The molecule has 1 atom stereocenters. The van der Waals surface area contributed by atoms with Gasteiger partial charge in [0.05, 0.1) is 0 Å². The minimum absolute atomic E-state index is 0.0453. The second-order valence-electron chi connectivity index (χ2n) is 3.53. The van der Waals surface area contributed by atoms with Crippen molar-refractivity contribution in [2.24, 2.45) is 0 Å². The van der Waals surface area contributed by atoms with E-state index in [1.807, 2.05) is 19.0 Å². The van der Waals surface area contributed by atoms with Gasteiger partial charge < -0.3 is 19.6 Å². The maximum absolute atomic E-state index is 11.3. The molecule has 0 aromatic heterocycles. The maximum Gasteiger partial charge on any atom is 0.335 e. The summed E-state index contributed by atoms with van der Waals surface area (Å²) in [6.07, 6.45) is 0.414. The van der Waals surface area contributed by atoms with E-state index in [9.17, 15) is 14.0 Å². The van der Waals surface area contributed by atoms with Gasteiger partial charge in [0.2, 0.25) is 7.37 Å². The summed E-state index contributed by atoms with van der Waals surface area (Å²) in [4.78, 5) is 28.1. The van der Waals surface area contributed by atoms with Crippen LogP contribution < -0.4 is 0 Å². The Morgan fingerprint density at radius 2 is 1.64 bits per heavy atom. The van der Waals surface area contributed by atoms with E-state index in [0.717, 1.165) is 0 Å². The van der Waals surface area contributed by atoms with E-state index in [2.05, 4.69) is 0 Å². The third-order valence-corrected chi connectivity index (χ3v) is 5.77. The van der Waals surface area contributed by atoms with Gasteiger partial charge in [-0.2, -0.15) is 0 Å². The first-order chi connectivity index (χ1) is 6.12. The van der Waals surface area contributed by atoms with Crippen LogP contribution in [0.4, 0.5) is 0 Å². The highest BCUT2D eigenvalue weighted by Crippen LogP contribution is 2.54. The summed E-state index contributed by atoms with van der Waals surface area (Å²) in [7, 11) is -4.39. The van der Waals surface area contributed by atoms with Crippen LogP contribution in [0.25, 0.3) is 0 Å². The predicted molar refractivity (Wildman–Crippen MR) is 54.8 cm³/mol. The van der Waals surface area contributed by atoms with Gasteiger partial charge in [-0.1, -0.05) is 0 Å². The van der Waals surface area contributed by atoms with E-state index < -0.39 is 20.9 Å². The predicted octanol–water partition coefficient (Wildman–Crippen LogP) is 0.344. The molecule has 0 fully saturated rings. The van der Waals surface area contributed by atoms with Gasteiger partial charge in [0.25, 0.3) is 0 Å². The van der Waals surface area contributed by atoms with Gasteiger partial charge in [0.1, 0.15) is 5.90 Å². The summed E-state index contributed by atoms with van der Waals surface area (Å²) in [6, 6.07) is 0. The molecule has 6 nitrogen and oxygen atoms in total. The molecule has 0 aliphatic heterocycles. The van der Waals surface area contributed by atoms with Crippen molar-refractivity contribution < 1.29 is 23.8 Å². The van der Waals surface area contributed by atoms with Gasteiger partial charge in [0.15, 0.2) is 0 Å². The second kappa shape index (κ2) is 5.40. The van der Waals surface area contributed by atoms with Crippen molar-refractivity contribution in [2.45, 2.75) is 6.42 Å². The molecule has 0 aliphatic rings. The van der Waals surface area contributed by atoms with E-state index in [0.29, 0.717) is 13.0 Å². The Hall–Kier alpha value is 0.300. The van der Waals surface area contributed by atoms with E-state index >= 15 is 0 Å².